The molecule has 3 aromatic rings. The molecular formula is C33H29ClF6N6O3. The SMILES string of the molecule is C=CC(=O)N1CCN(c2c(C#N)c(=O)n(C3=C(C)C=CN(C)[C@@H]3C(C)C)c3nc(-c4c(O)c(F)c(F)c(C(F)(F)F)c4F)c(Cl)cc23)CC1. The van der Waals surface area contributed by atoms with Crippen molar-refractivity contribution in [2.75, 3.05) is 38.1 Å². The highest BCUT2D eigenvalue weighted by atomic mass is 35.5. The normalized spacial score (nSPS) is 17.0. The van der Waals surface area contributed by atoms with Gasteiger partial charge in [0.2, 0.25) is 11.7 Å². The van der Waals surface area contributed by atoms with Crippen molar-refractivity contribution in [1.82, 2.24) is 19.4 Å². The number of hydrogen-bond donors (Lipinski definition) is 1. The number of carbonyl (C=O) groups excluding carboxylic acids is 1. The largest absolute Gasteiger partial charge is 0.504 e. The minimum atomic E-state index is -5.72. The van der Waals surface area contributed by atoms with Crippen molar-refractivity contribution in [3.8, 4) is 23.1 Å². The number of aromatic hydroxyl groups is 1. The third-order valence-electron chi connectivity index (χ3n) is 8.64. The zero-order valence-electron chi connectivity index (χ0n) is 26.6. The summed E-state index contributed by atoms with van der Waals surface area (Å²) in [5.74, 6) is -9.75. The second kappa shape index (κ2) is 12.8. The Morgan fingerprint density at radius 1 is 1.16 bits per heavy atom. The van der Waals surface area contributed by atoms with E-state index in [0.29, 0.717) is 11.3 Å². The monoisotopic (exact) mass is 706 g/mol. The van der Waals surface area contributed by atoms with E-state index in [2.05, 4.69) is 11.6 Å². The van der Waals surface area contributed by atoms with Gasteiger partial charge >= 0.3 is 6.18 Å². The van der Waals surface area contributed by atoms with Crippen molar-refractivity contribution >= 4 is 39.9 Å². The number of amides is 1. The molecule has 1 saturated heterocycles. The van der Waals surface area contributed by atoms with E-state index >= 15 is 4.39 Å². The fourth-order valence-corrected chi connectivity index (χ4v) is 6.66. The number of halogens is 7. The molecule has 0 radical (unpaired) electrons. The summed E-state index contributed by atoms with van der Waals surface area (Å²) < 4.78 is 87.1. The number of piperazine rings is 1. The predicted molar refractivity (Wildman–Crippen MR) is 171 cm³/mol. The highest BCUT2D eigenvalue weighted by Crippen LogP contribution is 2.46. The number of hydrogen-bond acceptors (Lipinski definition) is 7. The zero-order chi connectivity index (χ0) is 36.3. The van der Waals surface area contributed by atoms with Gasteiger partial charge in [-0.15, -0.1) is 0 Å². The molecule has 1 aromatic carbocycles. The first-order valence-electron chi connectivity index (χ1n) is 14.9. The number of pyridine rings is 2. The number of likely N-dealkylation sites (N-methyl/N-ethyl adjacent to an activating group) is 1. The molecule has 258 valence electrons. The third-order valence-corrected chi connectivity index (χ3v) is 8.93. The van der Waals surface area contributed by atoms with Crippen LogP contribution in [0.15, 0.2) is 41.4 Å². The molecule has 0 aliphatic carbocycles. The van der Waals surface area contributed by atoms with Crippen LogP contribution in [0.3, 0.4) is 0 Å². The van der Waals surface area contributed by atoms with E-state index < -0.39 is 62.8 Å². The summed E-state index contributed by atoms with van der Waals surface area (Å²) in [6, 6.07) is 2.55. The molecule has 16 heteroatoms. The summed E-state index contributed by atoms with van der Waals surface area (Å²) in [6.45, 7) is 9.50. The number of carbonyl (C=O) groups is 1. The molecule has 0 spiro atoms. The van der Waals surface area contributed by atoms with Crippen LogP contribution in [-0.2, 0) is 11.0 Å². The number of alkyl halides is 3. The number of phenols is 1. The molecule has 9 nitrogen and oxygen atoms in total. The average Bonchev–Trinajstić information content (AvgIpc) is 3.04. The van der Waals surface area contributed by atoms with Crippen LogP contribution in [-0.4, -0.2) is 69.6 Å². The van der Waals surface area contributed by atoms with Crippen molar-refractivity contribution in [1.29, 1.82) is 5.26 Å². The molecule has 2 aromatic heterocycles. The van der Waals surface area contributed by atoms with Crippen LogP contribution in [0.2, 0.25) is 5.02 Å². The number of allylic oxidation sites excluding steroid dienone is 2. The minimum absolute atomic E-state index is 0.0342. The van der Waals surface area contributed by atoms with E-state index in [1.807, 2.05) is 19.9 Å². The fraction of sp³-hybridized carbons (Fsp3) is 0.333. The molecule has 0 unspecified atom stereocenters. The summed E-state index contributed by atoms with van der Waals surface area (Å²) in [7, 11) is 1.74. The smallest absolute Gasteiger partial charge is 0.422 e. The Morgan fingerprint density at radius 2 is 1.80 bits per heavy atom. The van der Waals surface area contributed by atoms with E-state index in [1.165, 1.54) is 4.90 Å². The number of anilines is 1. The van der Waals surface area contributed by atoms with Crippen molar-refractivity contribution in [2.24, 2.45) is 5.92 Å². The first-order valence-corrected chi connectivity index (χ1v) is 15.3. The quantitative estimate of drug-likeness (QED) is 0.189. The Labute approximate surface area is 281 Å². The molecular weight excluding hydrogens is 678 g/mol. The van der Waals surface area contributed by atoms with Gasteiger partial charge in [-0.3, -0.25) is 14.2 Å². The Balaban J connectivity index is 1.94. The van der Waals surface area contributed by atoms with Gasteiger partial charge in [0, 0.05) is 38.6 Å². The van der Waals surface area contributed by atoms with E-state index in [0.717, 1.165) is 16.7 Å². The lowest BCUT2D eigenvalue weighted by Crippen LogP contribution is -2.49. The number of rotatable bonds is 5. The highest BCUT2D eigenvalue weighted by molar-refractivity contribution is 6.34. The zero-order valence-corrected chi connectivity index (χ0v) is 27.3. The van der Waals surface area contributed by atoms with Gasteiger partial charge in [0.15, 0.2) is 17.4 Å². The minimum Gasteiger partial charge on any atom is -0.504 e. The number of nitrogens with zero attached hydrogens (tertiary/aromatic N) is 6. The maximum Gasteiger partial charge on any atom is 0.422 e. The number of nitriles is 1. The van der Waals surface area contributed by atoms with Crippen LogP contribution in [0.1, 0.15) is 31.9 Å². The first-order chi connectivity index (χ1) is 23.0. The lowest BCUT2D eigenvalue weighted by atomic mass is 9.93. The van der Waals surface area contributed by atoms with Crippen molar-refractivity contribution in [3.05, 3.63) is 80.5 Å². The molecule has 1 fully saturated rings. The maximum atomic E-state index is 15.6. The second-order valence-corrected chi connectivity index (χ2v) is 12.4. The molecule has 1 amide bonds. The molecule has 1 atom stereocenters. The van der Waals surface area contributed by atoms with Gasteiger partial charge in [-0.2, -0.15) is 22.8 Å². The van der Waals surface area contributed by atoms with Gasteiger partial charge in [0.25, 0.3) is 5.56 Å². The van der Waals surface area contributed by atoms with E-state index in [1.54, 1.807) is 36.0 Å². The maximum absolute atomic E-state index is 15.6. The molecule has 0 bridgehead atoms. The number of phenolic OH excluding ortho intramolecular Hbond substituents is 1. The van der Waals surface area contributed by atoms with Crippen molar-refractivity contribution in [2.45, 2.75) is 33.0 Å². The molecule has 1 N–H and O–H groups in total. The van der Waals surface area contributed by atoms with Crippen LogP contribution in [0.4, 0.5) is 32.0 Å². The predicted octanol–water partition coefficient (Wildman–Crippen LogP) is 6.28. The average molecular weight is 707 g/mol. The summed E-state index contributed by atoms with van der Waals surface area (Å²) in [4.78, 5) is 36.0. The number of fused-ring (bicyclic) bond motifs is 1. The Kier molecular flexibility index (Phi) is 9.24. The van der Waals surface area contributed by atoms with Crippen molar-refractivity contribution < 1.29 is 36.2 Å². The standard InChI is InChI=1S/C33H29ClF6N6O3/c1-6-20(47)44-9-11-45(12-10-44)29-17-13-19(34)26(21-23(35)22(33(38,39)40)24(36)25(37)30(21)48)42-31(17)46(32(49)18(29)14-41)28-16(4)7-8-43(5)27(28)15(2)3/h6-8,13,15,27,48H,1,9-12H2,2-5H3/t27-/m1/s1. The van der Waals surface area contributed by atoms with E-state index in [9.17, 15) is 41.9 Å². The summed E-state index contributed by atoms with van der Waals surface area (Å²) >= 11 is 6.52. The van der Waals surface area contributed by atoms with Crippen LogP contribution >= 0.6 is 11.6 Å². The van der Waals surface area contributed by atoms with Gasteiger partial charge < -0.3 is 19.8 Å². The lowest BCUT2D eigenvalue weighted by Gasteiger charge is -2.38. The van der Waals surface area contributed by atoms with Crippen LogP contribution < -0.4 is 10.5 Å². The molecule has 2 aliphatic rings. The Bertz CT molecular complexity index is 2080. The van der Waals surface area contributed by atoms with Gasteiger partial charge in [0.1, 0.15) is 22.8 Å². The van der Waals surface area contributed by atoms with Gasteiger partial charge in [-0.1, -0.05) is 32.0 Å². The first kappa shape index (κ1) is 35.3. The number of aromatic nitrogens is 2. The van der Waals surface area contributed by atoms with Gasteiger partial charge in [0.05, 0.1) is 33.7 Å². The fourth-order valence-electron chi connectivity index (χ4n) is 6.42. The lowest BCUT2D eigenvalue weighted by molar-refractivity contribution is -0.142. The highest BCUT2D eigenvalue weighted by Gasteiger charge is 2.43. The summed E-state index contributed by atoms with van der Waals surface area (Å²) in [6.07, 6.45) is -1.12. The Morgan fingerprint density at radius 3 is 2.35 bits per heavy atom. The van der Waals surface area contributed by atoms with Gasteiger partial charge in [-0.25, -0.2) is 13.8 Å². The summed E-state index contributed by atoms with van der Waals surface area (Å²) in [5.41, 5.74) is -5.64. The Hall–Kier alpha value is -4.97. The van der Waals surface area contributed by atoms with Gasteiger partial charge in [-0.05, 0) is 42.8 Å². The van der Waals surface area contributed by atoms with Crippen LogP contribution in [0.5, 0.6) is 5.75 Å². The second-order valence-electron chi connectivity index (χ2n) is 12.0. The van der Waals surface area contributed by atoms with E-state index in [-0.39, 0.29) is 60.3 Å². The molecule has 0 saturated carbocycles. The van der Waals surface area contributed by atoms with Crippen molar-refractivity contribution in [3.63, 3.8) is 0 Å². The van der Waals surface area contributed by atoms with Crippen LogP contribution in [0, 0.1) is 34.7 Å². The topological polar surface area (TPSA) is 106 Å². The van der Waals surface area contributed by atoms with Crippen LogP contribution in [0.25, 0.3) is 28.0 Å². The third kappa shape index (κ3) is 5.77. The molecule has 4 heterocycles. The molecule has 2 aliphatic heterocycles. The molecule has 5 rings (SSSR count). The summed E-state index contributed by atoms with van der Waals surface area (Å²) in [5, 5.41) is 20.3. The van der Waals surface area contributed by atoms with E-state index in [4.69, 9.17) is 11.6 Å². The number of benzene rings is 1. The molecule has 49 heavy (non-hydrogen) atoms.